The number of aliphatic hydroxyl groups excluding tert-OH is 1. The summed E-state index contributed by atoms with van der Waals surface area (Å²) in [5, 5.41) is 11.8. The largest absolute Gasteiger partial charge is 0.392 e. The molecule has 0 saturated heterocycles. The molecule has 1 aromatic rings. The van der Waals surface area contributed by atoms with Crippen LogP contribution in [0.4, 0.5) is 8.78 Å². The second kappa shape index (κ2) is 4.72. The predicted molar refractivity (Wildman–Crippen MR) is 67.0 cm³/mol. The van der Waals surface area contributed by atoms with E-state index in [0.717, 1.165) is 12.1 Å². The van der Waals surface area contributed by atoms with Crippen LogP contribution in [0.2, 0.25) is 5.02 Å². The van der Waals surface area contributed by atoms with E-state index in [-0.39, 0.29) is 16.6 Å². The van der Waals surface area contributed by atoms with E-state index >= 15 is 0 Å². The van der Waals surface area contributed by atoms with Gasteiger partial charge in [0.25, 0.3) is 5.91 Å². The summed E-state index contributed by atoms with van der Waals surface area (Å²) in [5.41, 5.74) is -0.865. The van der Waals surface area contributed by atoms with Crippen LogP contribution in [-0.2, 0) is 0 Å². The van der Waals surface area contributed by atoms with Gasteiger partial charge in [0.15, 0.2) is 0 Å². The van der Waals surface area contributed by atoms with Gasteiger partial charge in [-0.3, -0.25) is 4.79 Å². The van der Waals surface area contributed by atoms with Crippen molar-refractivity contribution < 1.29 is 18.7 Å². The highest BCUT2D eigenvalue weighted by Crippen LogP contribution is 2.40. The van der Waals surface area contributed by atoms with Crippen LogP contribution in [0, 0.1) is 17.0 Å². The molecule has 1 fully saturated rings. The Bertz CT molecular complexity index is 534. The topological polar surface area (TPSA) is 49.3 Å². The van der Waals surface area contributed by atoms with Gasteiger partial charge in [-0.2, -0.15) is 0 Å². The van der Waals surface area contributed by atoms with Crippen LogP contribution in [-0.4, -0.2) is 23.2 Å². The normalized spacial score (nSPS) is 24.7. The minimum Gasteiger partial charge on any atom is -0.392 e. The molecule has 0 aliphatic heterocycles. The Balaban J connectivity index is 2.16. The molecule has 2 rings (SSSR count). The van der Waals surface area contributed by atoms with Crippen LogP contribution in [0.15, 0.2) is 12.1 Å². The van der Waals surface area contributed by atoms with E-state index in [1.165, 1.54) is 0 Å². The fraction of sp³-hybridized carbons (Fsp3) is 0.462. The lowest BCUT2D eigenvalue weighted by atomic mass is 9.64. The molecule has 2 unspecified atom stereocenters. The summed E-state index contributed by atoms with van der Waals surface area (Å²) in [5.74, 6) is -2.43. The van der Waals surface area contributed by atoms with Gasteiger partial charge in [0.1, 0.15) is 11.6 Å². The number of aliphatic hydroxyl groups is 1. The van der Waals surface area contributed by atoms with Crippen LogP contribution in [0.25, 0.3) is 0 Å². The zero-order chi connectivity index (χ0) is 14.4. The van der Waals surface area contributed by atoms with Crippen molar-refractivity contribution in [1.82, 2.24) is 5.32 Å². The molecule has 0 aromatic heterocycles. The van der Waals surface area contributed by atoms with Gasteiger partial charge < -0.3 is 10.4 Å². The van der Waals surface area contributed by atoms with E-state index in [9.17, 15) is 18.7 Å². The molecule has 1 aromatic carbocycles. The van der Waals surface area contributed by atoms with Gasteiger partial charge in [0.2, 0.25) is 0 Å². The first-order chi connectivity index (χ1) is 8.73. The van der Waals surface area contributed by atoms with Crippen molar-refractivity contribution in [1.29, 1.82) is 0 Å². The summed E-state index contributed by atoms with van der Waals surface area (Å²) >= 11 is 5.42. The maximum atomic E-state index is 13.6. The molecule has 104 valence electrons. The average Bonchev–Trinajstić information content (AvgIpc) is 2.33. The summed E-state index contributed by atoms with van der Waals surface area (Å²) in [6, 6.07) is 1.27. The number of rotatable bonds is 2. The van der Waals surface area contributed by atoms with Crippen molar-refractivity contribution in [2.24, 2.45) is 5.41 Å². The van der Waals surface area contributed by atoms with Crippen LogP contribution in [0.3, 0.4) is 0 Å². The molecule has 6 heteroatoms. The van der Waals surface area contributed by atoms with E-state index < -0.39 is 29.1 Å². The van der Waals surface area contributed by atoms with Gasteiger partial charge in [-0.15, -0.1) is 0 Å². The molecule has 1 amide bonds. The fourth-order valence-corrected chi connectivity index (χ4v) is 2.23. The number of benzene rings is 1. The highest BCUT2D eigenvalue weighted by atomic mass is 35.5. The van der Waals surface area contributed by atoms with Crippen molar-refractivity contribution in [3.8, 4) is 0 Å². The minimum atomic E-state index is -0.874. The first-order valence-electron chi connectivity index (χ1n) is 5.87. The Hall–Kier alpha value is -1.20. The number of amides is 1. The molecule has 2 N–H and O–H groups in total. The lowest BCUT2D eigenvalue weighted by Gasteiger charge is -2.49. The molecule has 0 radical (unpaired) electrons. The summed E-state index contributed by atoms with van der Waals surface area (Å²) in [7, 11) is 0. The lowest BCUT2D eigenvalue weighted by molar-refractivity contribution is -0.0689. The van der Waals surface area contributed by atoms with E-state index in [1.54, 1.807) is 13.8 Å². The van der Waals surface area contributed by atoms with Crippen LogP contribution >= 0.6 is 11.6 Å². The van der Waals surface area contributed by atoms with Crippen LogP contribution in [0.1, 0.15) is 30.6 Å². The Morgan fingerprint density at radius 1 is 1.42 bits per heavy atom. The molecule has 1 aliphatic carbocycles. The highest BCUT2D eigenvalue weighted by molar-refractivity contribution is 6.30. The van der Waals surface area contributed by atoms with Crippen molar-refractivity contribution in [3.63, 3.8) is 0 Å². The Morgan fingerprint density at radius 3 is 2.58 bits per heavy atom. The number of hydrogen-bond acceptors (Lipinski definition) is 2. The second-order valence-electron chi connectivity index (χ2n) is 5.35. The monoisotopic (exact) mass is 289 g/mol. The van der Waals surface area contributed by atoms with Gasteiger partial charge >= 0.3 is 0 Å². The second-order valence-corrected chi connectivity index (χ2v) is 5.75. The molecule has 1 aliphatic rings. The molecule has 0 bridgehead atoms. The third kappa shape index (κ3) is 2.44. The van der Waals surface area contributed by atoms with Gasteiger partial charge in [-0.05, 0) is 18.6 Å². The molecule has 1 saturated carbocycles. The van der Waals surface area contributed by atoms with Gasteiger partial charge in [-0.1, -0.05) is 25.4 Å². The van der Waals surface area contributed by atoms with E-state index in [4.69, 9.17) is 11.6 Å². The molecule has 3 nitrogen and oxygen atoms in total. The standard InChI is InChI=1S/C13H14ClF2NO2/c1-13(2)10(5-11(13)18)17-12(19)6-3-9(16)7(14)4-8(6)15/h3-4,10-11,18H,5H2,1-2H3,(H,17,19). The van der Waals surface area contributed by atoms with Crippen molar-refractivity contribution in [2.45, 2.75) is 32.4 Å². The number of nitrogens with one attached hydrogen (secondary N) is 1. The maximum Gasteiger partial charge on any atom is 0.254 e. The Morgan fingerprint density at radius 2 is 2.05 bits per heavy atom. The van der Waals surface area contributed by atoms with Crippen LogP contribution < -0.4 is 5.32 Å². The number of halogens is 3. The molecule has 0 spiro atoms. The highest BCUT2D eigenvalue weighted by Gasteiger charge is 2.48. The third-order valence-corrected chi connectivity index (χ3v) is 4.07. The zero-order valence-electron chi connectivity index (χ0n) is 10.5. The Labute approximate surface area is 114 Å². The quantitative estimate of drug-likeness (QED) is 0.822. The molecule has 2 atom stereocenters. The predicted octanol–water partition coefficient (Wildman–Crippen LogP) is 2.51. The van der Waals surface area contributed by atoms with Crippen molar-refractivity contribution in [2.75, 3.05) is 0 Å². The summed E-state index contributed by atoms with van der Waals surface area (Å²) < 4.78 is 26.8. The first kappa shape index (κ1) is 14.2. The molecule has 0 heterocycles. The summed E-state index contributed by atoms with van der Waals surface area (Å²) in [4.78, 5) is 11.9. The van der Waals surface area contributed by atoms with Crippen molar-refractivity contribution in [3.05, 3.63) is 34.4 Å². The van der Waals surface area contributed by atoms with Gasteiger partial charge in [-0.25, -0.2) is 8.78 Å². The van der Waals surface area contributed by atoms with Crippen molar-refractivity contribution >= 4 is 17.5 Å². The number of carbonyl (C=O) groups is 1. The molecular weight excluding hydrogens is 276 g/mol. The first-order valence-corrected chi connectivity index (χ1v) is 6.24. The average molecular weight is 290 g/mol. The van der Waals surface area contributed by atoms with Gasteiger partial charge in [0, 0.05) is 11.5 Å². The molecule has 19 heavy (non-hydrogen) atoms. The number of hydrogen-bond donors (Lipinski definition) is 2. The van der Waals surface area contributed by atoms with Crippen LogP contribution in [0.5, 0.6) is 0 Å². The van der Waals surface area contributed by atoms with Gasteiger partial charge in [0.05, 0.1) is 16.7 Å². The smallest absolute Gasteiger partial charge is 0.254 e. The van der Waals surface area contributed by atoms with E-state index in [2.05, 4.69) is 5.32 Å². The summed E-state index contributed by atoms with van der Waals surface area (Å²) in [6.07, 6.45) is -0.110. The lowest BCUT2D eigenvalue weighted by Crippen LogP contribution is -2.61. The zero-order valence-corrected chi connectivity index (χ0v) is 11.3. The number of carbonyl (C=O) groups excluding carboxylic acids is 1. The van der Waals surface area contributed by atoms with E-state index in [1.807, 2.05) is 0 Å². The minimum absolute atomic E-state index is 0.270. The van der Waals surface area contributed by atoms with E-state index in [0.29, 0.717) is 6.42 Å². The third-order valence-electron chi connectivity index (χ3n) is 3.78. The Kier molecular flexibility index (Phi) is 3.53. The molecular formula is C13H14ClF2NO2. The maximum absolute atomic E-state index is 13.6. The summed E-state index contributed by atoms with van der Waals surface area (Å²) in [6.45, 7) is 3.59. The fourth-order valence-electron chi connectivity index (χ4n) is 2.08. The SMILES string of the molecule is CC1(C)C(O)CC1NC(=O)c1cc(F)c(Cl)cc1F.